The van der Waals surface area contributed by atoms with Crippen LogP contribution in [0.2, 0.25) is 0 Å². The molecule has 162 valence electrons. The molecular formula is C26H34ClNO2. The number of phenols is 1. The third-order valence-electron chi connectivity index (χ3n) is 8.46. The summed E-state index contributed by atoms with van der Waals surface area (Å²) in [5.74, 6) is 0.470. The van der Waals surface area contributed by atoms with Crippen molar-refractivity contribution in [1.29, 1.82) is 0 Å². The fraction of sp³-hybridized carbons (Fsp3) is 0.538. The Labute approximate surface area is 186 Å². The van der Waals surface area contributed by atoms with E-state index >= 15 is 0 Å². The minimum Gasteiger partial charge on any atom is -0.508 e. The quantitative estimate of drug-likeness (QED) is 0.687. The number of rotatable bonds is 3. The van der Waals surface area contributed by atoms with Crippen molar-refractivity contribution in [2.45, 2.75) is 70.1 Å². The van der Waals surface area contributed by atoms with Gasteiger partial charge >= 0.3 is 0 Å². The molecule has 2 aromatic carbocycles. The Morgan fingerprint density at radius 3 is 2.57 bits per heavy atom. The van der Waals surface area contributed by atoms with E-state index in [1.54, 1.807) is 0 Å². The zero-order valence-electron chi connectivity index (χ0n) is 18.3. The second kappa shape index (κ2) is 7.85. The maximum Gasteiger partial charge on any atom is 0.119 e. The molecule has 0 saturated carbocycles. The van der Waals surface area contributed by atoms with E-state index in [1.165, 1.54) is 16.7 Å². The minimum absolute atomic E-state index is 0. The summed E-state index contributed by atoms with van der Waals surface area (Å²) in [6.07, 6.45) is 4.83. The van der Waals surface area contributed by atoms with Crippen molar-refractivity contribution < 1.29 is 9.84 Å². The molecule has 1 N–H and O–H groups in total. The second-order valence-corrected chi connectivity index (χ2v) is 10.1. The Kier molecular flexibility index (Phi) is 5.67. The van der Waals surface area contributed by atoms with E-state index in [4.69, 9.17) is 4.74 Å². The first-order valence-electron chi connectivity index (χ1n) is 11.2. The molecule has 2 saturated heterocycles. The van der Waals surface area contributed by atoms with Gasteiger partial charge in [-0.05, 0) is 60.4 Å². The number of aromatic hydroxyl groups is 1. The average molecular weight is 428 g/mol. The smallest absolute Gasteiger partial charge is 0.119 e. The van der Waals surface area contributed by atoms with Crippen LogP contribution in [0.15, 0.2) is 48.5 Å². The maximum absolute atomic E-state index is 10.6. The highest BCUT2D eigenvalue weighted by molar-refractivity contribution is 5.85. The lowest BCUT2D eigenvalue weighted by Crippen LogP contribution is -2.64. The first kappa shape index (κ1) is 21.7. The molecular weight excluding hydrogens is 394 g/mol. The molecule has 3 aliphatic rings. The van der Waals surface area contributed by atoms with Crippen LogP contribution < -0.4 is 0 Å². The molecule has 2 aliphatic heterocycles. The van der Waals surface area contributed by atoms with Crippen LogP contribution in [-0.2, 0) is 16.6 Å². The summed E-state index contributed by atoms with van der Waals surface area (Å²) in [6.45, 7) is 9.37. The van der Waals surface area contributed by atoms with Gasteiger partial charge in [-0.3, -0.25) is 4.90 Å². The lowest BCUT2D eigenvalue weighted by molar-refractivity contribution is -0.0647. The number of benzene rings is 2. The van der Waals surface area contributed by atoms with Gasteiger partial charge in [0.05, 0.1) is 12.2 Å². The summed E-state index contributed by atoms with van der Waals surface area (Å²) >= 11 is 0. The molecule has 5 rings (SSSR count). The highest BCUT2D eigenvalue weighted by Gasteiger charge is 2.56. The number of likely N-dealkylation sites (tertiary alicyclic amines) is 1. The van der Waals surface area contributed by atoms with E-state index in [-0.39, 0.29) is 29.3 Å². The topological polar surface area (TPSA) is 32.7 Å². The van der Waals surface area contributed by atoms with Crippen LogP contribution in [0.25, 0.3) is 0 Å². The molecule has 2 bridgehead atoms. The first-order chi connectivity index (χ1) is 13.9. The molecule has 2 fully saturated rings. The molecule has 4 unspecified atom stereocenters. The molecule has 4 heteroatoms. The lowest BCUT2D eigenvalue weighted by Gasteiger charge is -2.61. The van der Waals surface area contributed by atoms with Gasteiger partial charge in [-0.2, -0.15) is 0 Å². The van der Waals surface area contributed by atoms with Crippen LogP contribution >= 0.6 is 12.4 Å². The Balaban J connectivity index is 0.00000218. The Bertz CT molecular complexity index is 899. The molecule has 30 heavy (non-hydrogen) atoms. The number of halogens is 1. The third kappa shape index (κ3) is 3.26. The Morgan fingerprint density at radius 2 is 1.80 bits per heavy atom. The van der Waals surface area contributed by atoms with Gasteiger partial charge in [-0.25, -0.2) is 0 Å². The molecule has 2 heterocycles. The van der Waals surface area contributed by atoms with Crippen LogP contribution in [0.1, 0.15) is 62.8 Å². The highest BCUT2D eigenvalue weighted by atomic mass is 35.5. The molecule has 4 atom stereocenters. The van der Waals surface area contributed by atoms with Crippen LogP contribution in [0.4, 0.5) is 0 Å². The summed E-state index contributed by atoms with van der Waals surface area (Å²) in [5, 5.41) is 10.6. The Morgan fingerprint density at radius 1 is 1.03 bits per heavy atom. The van der Waals surface area contributed by atoms with Crippen LogP contribution in [0, 0.1) is 5.41 Å². The van der Waals surface area contributed by atoms with Crippen molar-refractivity contribution >= 4 is 12.4 Å². The highest BCUT2D eigenvalue weighted by Crippen LogP contribution is 2.57. The number of fused-ring (bicyclic) bond motifs is 4. The third-order valence-corrected chi connectivity index (χ3v) is 8.46. The van der Waals surface area contributed by atoms with Gasteiger partial charge in [-0.1, -0.05) is 63.2 Å². The van der Waals surface area contributed by atoms with Crippen LogP contribution in [0.5, 0.6) is 5.75 Å². The molecule has 0 radical (unpaired) electrons. The standard InChI is InChI=1S/C26H33NO2.ClH/c1-25(2)24-16-20-21(10-7-11-22(20)28)26(25,3)14-15-27(24)17-19-12-13-23(29-19)18-8-5-4-6-9-18;/h4-11,19,23-24,28H,12-17H2,1-3H3;1H. The van der Waals surface area contributed by atoms with Crippen molar-refractivity contribution in [3.63, 3.8) is 0 Å². The van der Waals surface area contributed by atoms with Gasteiger partial charge in [0.1, 0.15) is 5.75 Å². The summed E-state index contributed by atoms with van der Waals surface area (Å²) < 4.78 is 6.48. The number of hydrogen-bond donors (Lipinski definition) is 1. The maximum atomic E-state index is 10.6. The van der Waals surface area contributed by atoms with Gasteiger partial charge in [0.2, 0.25) is 0 Å². The van der Waals surface area contributed by atoms with Gasteiger partial charge in [0.15, 0.2) is 0 Å². The van der Waals surface area contributed by atoms with E-state index in [9.17, 15) is 5.11 Å². The Hall–Kier alpha value is -1.55. The van der Waals surface area contributed by atoms with Crippen molar-refractivity contribution in [3.05, 3.63) is 65.2 Å². The van der Waals surface area contributed by atoms with Crippen LogP contribution in [0.3, 0.4) is 0 Å². The van der Waals surface area contributed by atoms with Crippen molar-refractivity contribution in [2.24, 2.45) is 5.41 Å². The van der Waals surface area contributed by atoms with E-state index in [1.807, 2.05) is 12.1 Å². The van der Waals surface area contributed by atoms with Gasteiger partial charge in [0.25, 0.3) is 0 Å². The second-order valence-electron chi connectivity index (χ2n) is 10.1. The number of piperidine rings is 1. The van der Waals surface area contributed by atoms with Gasteiger partial charge in [0, 0.05) is 18.0 Å². The van der Waals surface area contributed by atoms with Gasteiger partial charge < -0.3 is 9.84 Å². The average Bonchev–Trinajstić information content (AvgIpc) is 3.17. The van der Waals surface area contributed by atoms with E-state index in [2.05, 4.69) is 62.1 Å². The van der Waals surface area contributed by atoms with Crippen molar-refractivity contribution in [2.75, 3.05) is 13.1 Å². The molecule has 0 spiro atoms. The van der Waals surface area contributed by atoms with E-state index in [0.717, 1.165) is 38.8 Å². The fourth-order valence-corrected chi connectivity index (χ4v) is 6.27. The molecule has 0 amide bonds. The summed E-state index contributed by atoms with van der Waals surface area (Å²) in [7, 11) is 0. The van der Waals surface area contributed by atoms with Crippen molar-refractivity contribution in [1.82, 2.24) is 4.90 Å². The monoisotopic (exact) mass is 427 g/mol. The summed E-state index contributed by atoms with van der Waals surface area (Å²) in [4.78, 5) is 2.66. The van der Waals surface area contributed by atoms with Gasteiger partial charge in [-0.15, -0.1) is 12.4 Å². The normalized spacial score (nSPS) is 32.3. The molecule has 3 nitrogen and oxygen atoms in total. The summed E-state index contributed by atoms with van der Waals surface area (Å²) in [5.41, 5.74) is 4.09. The van der Waals surface area contributed by atoms with E-state index in [0.29, 0.717) is 17.9 Å². The molecule has 2 aromatic rings. The number of hydrogen-bond acceptors (Lipinski definition) is 3. The number of phenolic OH excluding ortho intramolecular Hbond substituents is 1. The first-order valence-corrected chi connectivity index (χ1v) is 11.2. The number of nitrogens with zero attached hydrogens (tertiary/aromatic N) is 1. The molecule has 1 aliphatic carbocycles. The van der Waals surface area contributed by atoms with Crippen LogP contribution in [-0.4, -0.2) is 35.2 Å². The minimum atomic E-state index is 0. The predicted octanol–water partition coefficient (Wildman–Crippen LogP) is 5.65. The van der Waals surface area contributed by atoms with Crippen molar-refractivity contribution in [3.8, 4) is 5.75 Å². The zero-order valence-corrected chi connectivity index (χ0v) is 19.1. The number of ether oxygens (including phenoxy) is 1. The lowest BCUT2D eigenvalue weighted by atomic mass is 9.51. The summed E-state index contributed by atoms with van der Waals surface area (Å²) in [6, 6.07) is 17.2. The largest absolute Gasteiger partial charge is 0.508 e. The molecule has 0 aromatic heterocycles. The SMILES string of the molecule is CC12CCN(CC3CCC(c4ccccc4)O3)C(Cc3c(O)cccc31)C2(C)C.Cl. The predicted molar refractivity (Wildman–Crippen MR) is 123 cm³/mol. The van der Waals surface area contributed by atoms with E-state index < -0.39 is 0 Å². The zero-order chi connectivity index (χ0) is 20.2. The fourth-order valence-electron chi connectivity index (χ4n) is 6.27.